The van der Waals surface area contributed by atoms with Crippen molar-refractivity contribution in [2.24, 2.45) is 0 Å². The third kappa shape index (κ3) is 3.94. The van der Waals surface area contributed by atoms with Gasteiger partial charge in [0.25, 0.3) is 0 Å². The Balaban J connectivity index is 1.77. The van der Waals surface area contributed by atoms with E-state index in [0.29, 0.717) is 55.1 Å². The van der Waals surface area contributed by atoms with Crippen LogP contribution in [0.3, 0.4) is 0 Å². The third-order valence-corrected chi connectivity index (χ3v) is 6.52. The maximum absolute atomic E-state index is 13.4. The number of methoxy groups -OCH3 is 5. The van der Waals surface area contributed by atoms with E-state index in [1.807, 2.05) is 30.3 Å². The lowest BCUT2D eigenvalue weighted by atomic mass is 10.1. The largest absolute Gasteiger partial charge is 0.493 e. The Bertz CT molecular complexity index is 1360. The summed E-state index contributed by atoms with van der Waals surface area (Å²) in [4.78, 5) is 19.2. The van der Waals surface area contributed by atoms with Crippen LogP contribution in [0.4, 0.5) is 5.69 Å². The topological polar surface area (TPSA) is 102 Å². The van der Waals surface area contributed by atoms with E-state index in [2.05, 4.69) is 0 Å². The Morgan fingerprint density at radius 3 is 2.03 bits per heavy atom. The van der Waals surface area contributed by atoms with Gasteiger partial charge in [-0.1, -0.05) is 0 Å². The predicted octanol–water partition coefficient (Wildman–Crippen LogP) is 4.82. The normalized spacial score (nSPS) is 10.7. The Labute approximate surface area is 200 Å². The fourth-order valence-corrected chi connectivity index (χ4v) is 4.72. The molecular formula is C25H24N2O6S. The Hall–Kier alpha value is -3.98. The van der Waals surface area contributed by atoms with Crippen molar-refractivity contribution in [2.45, 2.75) is 0 Å². The zero-order valence-corrected chi connectivity index (χ0v) is 20.2. The summed E-state index contributed by atoms with van der Waals surface area (Å²) in [7, 11) is 7.67. The first-order valence-electron chi connectivity index (χ1n) is 10.2. The number of pyridine rings is 1. The van der Waals surface area contributed by atoms with Gasteiger partial charge in [0.1, 0.15) is 9.71 Å². The highest BCUT2D eigenvalue weighted by atomic mass is 32.1. The van der Waals surface area contributed by atoms with Crippen LogP contribution in [0.1, 0.15) is 15.2 Å². The standard InChI is InChI=1S/C25H24N2O6S/c1-29-17-9-6-13(10-18(17)30-2)16-8-7-15-21(26)24(34-25(15)27-16)22(28)14-11-19(31-3)23(33-5)20(12-14)32-4/h6-12H,26H2,1-5H3. The molecule has 4 rings (SSSR count). The van der Waals surface area contributed by atoms with Gasteiger partial charge >= 0.3 is 0 Å². The number of hydrogen-bond donors (Lipinski definition) is 1. The summed E-state index contributed by atoms with van der Waals surface area (Å²) in [5.41, 5.74) is 8.70. The Kier molecular flexibility index (Phi) is 6.47. The van der Waals surface area contributed by atoms with Gasteiger partial charge in [-0.15, -0.1) is 11.3 Å². The molecule has 0 radical (unpaired) electrons. The predicted molar refractivity (Wildman–Crippen MR) is 132 cm³/mol. The Morgan fingerprint density at radius 2 is 1.44 bits per heavy atom. The molecule has 2 aromatic heterocycles. The molecule has 8 nitrogen and oxygen atoms in total. The number of carbonyl (C=O) groups excluding carboxylic acids is 1. The van der Waals surface area contributed by atoms with Crippen LogP contribution < -0.4 is 29.4 Å². The van der Waals surface area contributed by atoms with Gasteiger partial charge < -0.3 is 29.4 Å². The molecule has 176 valence electrons. The van der Waals surface area contributed by atoms with Gasteiger partial charge in [-0.25, -0.2) is 4.98 Å². The average Bonchev–Trinajstić information content (AvgIpc) is 3.22. The highest BCUT2D eigenvalue weighted by Gasteiger charge is 2.23. The zero-order chi connectivity index (χ0) is 24.4. The lowest BCUT2D eigenvalue weighted by Gasteiger charge is -2.13. The summed E-state index contributed by atoms with van der Waals surface area (Å²) in [6, 6.07) is 12.5. The molecule has 34 heavy (non-hydrogen) atoms. The quantitative estimate of drug-likeness (QED) is 0.358. The molecule has 0 aliphatic rings. The van der Waals surface area contributed by atoms with E-state index in [9.17, 15) is 4.79 Å². The van der Waals surface area contributed by atoms with Gasteiger partial charge in [-0.05, 0) is 42.5 Å². The molecule has 9 heteroatoms. The summed E-state index contributed by atoms with van der Waals surface area (Å²) in [6.07, 6.45) is 0. The molecule has 2 N–H and O–H groups in total. The summed E-state index contributed by atoms with van der Waals surface area (Å²) in [5, 5.41) is 0.713. The number of anilines is 1. The van der Waals surface area contributed by atoms with Crippen molar-refractivity contribution in [3.8, 4) is 40.0 Å². The number of aromatic nitrogens is 1. The SMILES string of the molecule is COc1ccc(-c2ccc3c(N)c(C(=O)c4cc(OC)c(OC)c(OC)c4)sc3n2)cc1OC. The van der Waals surface area contributed by atoms with Gasteiger partial charge in [0.2, 0.25) is 11.5 Å². The van der Waals surface area contributed by atoms with Crippen LogP contribution in [0.25, 0.3) is 21.5 Å². The molecule has 0 atom stereocenters. The molecule has 4 aromatic rings. The van der Waals surface area contributed by atoms with E-state index in [1.165, 1.54) is 32.7 Å². The number of carbonyl (C=O) groups is 1. The van der Waals surface area contributed by atoms with Crippen molar-refractivity contribution in [1.82, 2.24) is 4.98 Å². The van der Waals surface area contributed by atoms with Gasteiger partial charge in [-0.2, -0.15) is 0 Å². The maximum atomic E-state index is 13.4. The van der Waals surface area contributed by atoms with E-state index in [1.54, 1.807) is 26.4 Å². The van der Waals surface area contributed by atoms with Crippen LogP contribution in [0.15, 0.2) is 42.5 Å². The fourth-order valence-electron chi connectivity index (χ4n) is 3.67. The molecule has 0 saturated heterocycles. The lowest BCUT2D eigenvalue weighted by molar-refractivity contribution is 0.104. The second kappa shape index (κ2) is 9.48. The van der Waals surface area contributed by atoms with E-state index in [0.717, 1.165) is 11.3 Å². The maximum Gasteiger partial charge on any atom is 0.205 e. The lowest BCUT2D eigenvalue weighted by Crippen LogP contribution is -2.04. The molecule has 0 saturated carbocycles. The van der Waals surface area contributed by atoms with Crippen LogP contribution in [-0.4, -0.2) is 46.3 Å². The molecule has 0 fully saturated rings. The van der Waals surface area contributed by atoms with Crippen LogP contribution in [-0.2, 0) is 0 Å². The molecule has 2 aromatic carbocycles. The third-order valence-electron chi connectivity index (χ3n) is 5.41. The van der Waals surface area contributed by atoms with E-state index in [4.69, 9.17) is 34.4 Å². The van der Waals surface area contributed by atoms with Crippen LogP contribution in [0.2, 0.25) is 0 Å². The monoisotopic (exact) mass is 480 g/mol. The average molecular weight is 481 g/mol. The first kappa shape index (κ1) is 23.2. The van der Waals surface area contributed by atoms with Gasteiger partial charge in [0.05, 0.1) is 46.9 Å². The van der Waals surface area contributed by atoms with Crippen LogP contribution >= 0.6 is 11.3 Å². The molecule has 2 heterocycles. The number of nitrogen functional groups attached to an aromatic ring is 1. The number of nitrogens with zero attached hydrogens (tertiary/aromatic N) is 1. The number of thiophene rings is 1. The summed E-state index contributed by atoms with van der Waals surface area (Å²) >= 11 is 1.24. The van der Waals surface area contributed by atoms with Crippen molar-refractivity contribution in [3.05, 3.63) is 52.9 Å². The van der Waals surface area contributed by atoms with Crippen molar-refractivity contribution >= 4 is 33.0 Å². The molecule has 0 unspecified atom stereocenters. The molecule has 0 amide bonds. The fraction of sp³-hybridized carbons (Fsp3) is 0.200. The molecule has 0 spiro atoms. The van der Waals surface area contributed by atoms with Gasteiger partial charge in [0.15, 0.2) is 23.0 Å². The van der Waals surface area contributed by atoms with Crippen LogP contribution in [0, 0.1) is 0 Å². The highest BCUT2D eigenvalue weighted by Crippen LogP contribution is 2.41. The van der Waals surface area contributed by atoms with Gasteiger partial charge in [-0.3, -0.25) is 4.79 Å². The van der Waals surface area contributed by atoms with Crippen molar-refractivity contribution in [2.75, 3.05) is 41.3 Å². The molecule has 0 aliphatic heterocycles. The van der Waals surface area contributed by atoms with Crippen LogP contribution in [0.5, 0.6) is 28.7 Å². The molecular weight excluding hydrogens is 456 g/mol. The van der Waals surface area contributed by atoms with Crippen molar-refractivity contribution in [3.63, 3.8) is 0 Å². The highest BCUT2D eigenvalue weighted by molar-refractivity contribution is 7.21. The number of nitrogens with two attached hydrogens (primary N) is 1. The second-order valence-corrected chi connectivity index (χ2v) is 8.21. The van der Waals surface area contributed by atoms with E-state index in [-0.39, 0.29) is 5.78 Å². The Morgan fingerprint density at radius 1 is 0.794 bits per heavy atom. The smallest absolute Gasteiger partial charge is 0.205 e. The number of hydrogen-bond acceptors (Lipinski definition) is 9. The minimum atomic E-state index is -0.257. The minimum absolute atomic E-state index is 0.257. The molecule has 0 bridgehead atoms. The van der Waals surface area contributed by atoms with Crippen molar-refractivity contribution < 1.29 is 28.5 Å². The first-order valence-corrected chi connectivity index (χ1v) is 11.0. The number of rotatable bonds is 8. The summed E-state index contributed by atoms with van der Waals surface area (Å²) < 4.78 is 26.8. The first-order chi connectivity index (χ1) is 16.4. The second-order valence-electron chi connectivity index (χ2n) is 7.21. The van der Waals surface area contributed by atoms with Gasteiger partial charge in [0, 0.05) is 16.5 Å². The molecule has 0 aliphatic carbocycles. The number of ether oxygens (including phenoxy) is 5. The minimum Gasteiger partial charge on any atom is -0.493 e. The van der Waals surface area contributed by atoms with Crippen molar-refractivity contribution in [1.29, 1.82) is 0 Å². The van der Waals surface area contributed by atoms with E-state index < -0.39 is 0 Å². The number of fused-ring (bicyclic) bond motifs is 1. The number of benzene rings is 2. The zero-order valence-electron chi connectivity index (χ0n) is 19.4. The summed E-state index contributed by atoms with van der Waals surface area (Å²) in [6.45, 7) is 0. The van der Waals surface area contributed by atoms with E-state index >= 15 is 0 Å². The summed E-state index contributed by atoms with van der Waals surface area (Å²) in [5.74, 6) is 2.16. The number of ketones is 1.